The quantitative estimate of drug-likeness (QED) is 0.157. The van der Waals surface area contributed by atoms with Crippen LogP contribution in [-0.2, 0) is 28.9 Å². The number of unbranched alkanes of at least 4 members (excludes halogenated alkanes) is 2. The summed E-state index contributed by atoms with van der Waals surface area (Å²) in [4.78, 5) is 43.0. The van der Waals surface area contributed by atoms with Crippen LogP contribution < -0.4 is 14.8 Å². The van der Waals surface area contributed by atoms with Gasteiger partial charge in [-0.25, -0.2) is 4.98 Å². The second kappa shape index (κ2) is 14.2. The van der Waals surface area contributed by atoms with E-state index in [9.17, 15) is 19.7 Å². The molecule has 4 rings (SSSR count). The van der Waals surface area contributed by atoms with E-state index in [4.69, 9.17) is 9.47 Å². The van der Waals surface area contributed by atoms with E-state index in [1.165, 1.54) is 18.4 Å². The minimum Gasteiger partial charge on any atom is -0.490 e. The molecule has 0 bridgehead atoms. The molecule has 1 N–H and O–H groups in total. The van der Waals surface area contributed by atoms with Gasteiger partial charge in [0.05, 0.1) is 35.8 Å². The van der Waals surface area contributed by atoms with Crippen molar-refractivity contribution in [1.29, 1.82) is 0 Å². The molecule has 1 unspecified atom stereocenters. The number of thiazole rings is 1. The summed E-state index contributed by atoms with van der Waals surface area (Å²) in [6.45, 7) is 3.30. The summed E-state index contributed by atoms with van der Waals surface area (Å²) in [5.74, 6) is 0.382. The first kappa shape index (κ1) is 30.2. The van der Waals surface area contributed by atoms with E-state index in [0.29, 0.717) is 37.5 Å². The Kier molecular flexibility index (Phi) is 10.5. The van der Waals surface area contributed by atoms with Gasteiger partial charge in [0.1, 0.15) is 0 Å². The zero-order valence-corrected chi connectivity index (χ0v) is 24.8. The van der Waals surface area contributed by atoms with Crippen molar-refractivity contribution in [3.8, 4) is 10.9 Å². The van der Waals surface area contributed by atoms with Gasteiger partial charge in [-0.2, -0.15) is 0 Å². The fraction of sp³-hybridized carbons (Fsp3) is 0.500. The molecule has 1 heterocycles. The number of carbonyl (C=O) groups excluding carboxylic acids is 2. The van der Waals surface area contributed by atoms with Gasteiger partial charge in [0.2, 0.25) is 11.8 Å². The molecular formula is C30H38N4O6S. The van der Waals surface area contributed by atoms with Crippen molar-refractivity contribution in [2.75, 3.05) is 27.3 Å². The predicted octanol–water partition coefficient (Wildman–Crippen LogP) is 5.24. The van der Waals surface area contributed by atoms with Crippen molar-refractivity contribution in [3.05, 3.63) is 57.1 Å². The number of fused-ring (bicyclic) bond motifs is 2. The first-order valence-electron chi connectivity index (χ1n) is 14.2. The first-order valence-corrected chi connectivity index (χ1v) is 15.0. The lowest BCUT2D eigenvalue weighted by Gasteiger charge is -2.35. The molecule has 0 aliphatic heterocycles. The number of aromatic nitrogens is 1. The molecule has 0 saturated heterocycles. The minimum absolute atomic E-state index is 0.0264. The topological polar surface area (TPSA) is 124 Å². The highest BCUT2D eigenvalue weighted by Crippen LogP contribution is 2.35. The largest absolute Gasteiger partial charge is 0.490 e. The number of hydrogen-bond donors (Lipinski definition) is 1. The van der Waals surface area contributed by atoms with E-state index >= 15 is 0 Å². The number of nitrogens with one attached hydrogen (secondary N) is 1. The standard InChI is InChI=1S/C30H38N4O6S/c1-4-14-33(23-11-10-21-19-26(39-2)25(34(37)38)18-22(21)17-23)29(36)8-6-5-7-13-31-28(35)16-20-9-12-24-27(15-20)41-30(32-24)40-3/h9,12,15,18-19,23H,4-8,10-11,13-14,16-17H2,1-3H3,(H,31,35). The molecule has 0 radical (unpaired) electrons. The molecule has 1 atom stereocenters. The summed E-state index contributed by atoms with van der Waals surface area (Å²) < 4.78 is 11.4. The summed E-state index contributed by atoms with van der Waals surface area (Å²) in [5, 5.41) is 15.1. The first-order chi connectivity index (χ1) is 19.8. The van der Waals surface area contributed by atoms with Crippen molar-refractivity contribution >= 4 is 39.1 Å². The second-order valence-corrected chi connectivity index (χ2v) is 11.4. The van der Waals surface area contributed by atoms with Crippen LogP contribution >= 0.6 is 11.3 Å². The van der Waals surface area contributed by atoms with Crippen LogP contribution in [-0.4, -0.2) is 60.0 Å². The molecule has 3 aromatic rings. The van der Waals surface area contributed by atoms with Crippen LogP contribution in [0.2, 0.25) is 0 Å². The number of carbonyl (C=O) groups is 2. The summed E-state index contributed by atoms with van der Waals surface area (Å²) in [5.41, 5.74) is 3.74. The molecule has 10 nitrogen and oxygen atoms in total. The minimum atomic E-state index is -0.417. The number of hydrogen-bond acceptors (Lipinski definition) is 8. The Morgan fingerprint density at radius 2 is 1.98 bits per heavy atom. The molecule has 0 saturated carbocycles. The van der Waals surface area contributed by atoms with Crippen molar-refractivity contribution < 1.29 is 24.0 Å². The zero-order chi connectivity index (χ0) is 29.4. The molecule has 41 heavy (non-hydrogen) atoms. The van der Waals surface area contributed by atoms with Gasteiger partial charge >= 0.3 is 5.69 Å². The van der Waals surface area contributed by atoms with E-state index in [1.807, 2.05) is 23.1 Å². The number of methoxy groups -OCH3 is 2. The van der Waals surface area contributed by atoms with Crippen LogP contribution in [0.5, 0.6) is 10.9 Å². The fourth-order valence-corrected chi connectivity index (χ4v) is 6.27. The third-order valence-corrected chi connectivity index (χ3v) is 8.47. The van der Waals surface area contributed by atoms with Crippen LogP contribution in [0.3, 0.4) is 0 Å². The van der Waals surface area contributed by atoms with Gasteiger partial charge in [-0.05, 0) is 73.4 Å². The molecule has 2 aromatic carbocycles. The zero-order valence-electron chi connectivity index (χ0n) is 23.9. The maximum absolute atomic E-state index is 13.2. The fourth-order valence-electron chi connectivity index (χ4n) is 5.42. The van der Waals surface area contributed by atoms with Gasteiger partial charge in [-0.15, -0.1) is 0 Å². The Morgan fingerprint density at radius 3 is 2.71 bits per heavy atom. The number of nitro benzene ring substituents is 1. The Morgan fingerprint density at radius 1 is 1.15 bits per heavy atom. The van der Waals surface area contributed by atoms with Crippen molar-refractivity contribution in [3.63, 3.8) is 0 Å². The van der Waals surface area contributed by atoms with Crippen LogP contribution in [0.1, 0.15) is 62.1 Å². The number of amides is 2. The molecule has 2 amide bonds. The van der Waals surface area contributed by atoms with Gasteiger partial charge in [0.15, 0.2) is 5.75 Å². The highest BCUT2D eigenvalue weighted by Gasteiger charge is 2.29. The highest BCUT2D eigenvalue weighted by molar-refractivity contribution is 7.20. The lowest BCUT2D eigenvalue weighted by molar-refractivity contribution is -0.385. The average molecular weight is 583 g/mol. The highest BCUT2D eigenvalue weighted by atomic mass is 32.1. The smallest absolute Gasteiger partial charge is 0.311 e. The van der Waals surface area contributed by atoms with E-state index < -0.39 is 4.92 Å². The Balaban J connectivity index is 1.21. The van der Waals surface area contributed by atoms with Crippen LogP contribution in [0.4, 0.5) is 5.69 Å². The monoisotopic (exact) mass is 582 g/mol. The van der Waals surface area contributed by atoms with E-state index in [1.54, 1.807) is 19.2 Å². The lowest BCUT2D eigenvalue weighted by atomic mass is 9.86. The maximum Gasteiger partial charge on any atom is 0.311 e. The van der Waals surface area contributed by atoms with E-state index in [0.717, 1.165) is 65.4 Å². The number of benzene rings is 2. The molecule has 1 aliphatic carbocycles. The Bertz CT molecular complexity index is 1390. The van der Waals surface area contributed by atoms with Gasteiger partial charge < -0.3 is 19.7 Å². The number of nitro groups is 1. The SMILES string of the molecule is CCCN(C(=O)CCCCCNC(=O)Cc1ccc2nc(OC)sc2c1)C1CCc2cc(OC)c([N+](=O)[O-])cc2C1. The van der Waals surface area contributed by atoms with Crippen molar-refractivity contribution in [2.45, 2.75) is 70.8 Å². The summed E-state index contributed by atoms with van der Waals surface area (Å²) >= 11 is 1.46. The van der Waals surface area contributed by atoms with Crippen LogP contribution in [0.25, 0.3) is 10.2 Å². The Labute approximate surface area is 244 Å². The number of aryl methyl sites for hydroxylation is 1. The molecule has 220 valence electrons. The van der Waals surface area contributed by atoms with Crippen LogP contribution in [0, 0.1) is 10.1 Å². The normalized spacial score (nSPS) is 14.4. The summed E-state index contributed by atoms with van der Waals surface area (Å²) in [7, 11) is 3.03. The van der Waals surface area contributed by atoms with Crippen molar-refractivity contribution in [1.82, 2.24) is 15.2 Å². The predicted molar refractivity (Wildman–Crippen MR) is 159 cm³/mol. The second-order valence-electron chi connectivity index (χ2n) is 10.4. The number of ether oxygens (including phenoxy) is 2. The number of nitrogens with zero attached hydrogens (tertiary/aromatic N) is 3. The van der Waals surface area contributed by atoms with E-state index in [2.05, 4.69) is 17.2 Å². The van der Waals surface area contributed by atoms with Gasteiger partial charge in [-0.3, -0.25) is 19.7 Å². The third kappa shape index (κ3) is 7.72. The summed E-state index contributed by atoms with van der Waals surface area (Å²) in [6, 6.07) is 9.21. The van der Waals surface area contributed by atoms with Crippen molar-refractivity contribution in [2.24, 2.45) is 0 Å². The number of rotatable bonds is 14. The lowest BCUT2D eigenvalue weighted by Crippen LogP contribution is -2.43. The maximum atomic E-state index is 13.2. The van der Waals surface area contributed by atoms with Gasteiger partial charge in [0.25, 0.3) is 5.19 Å². The Hall–Kier alpha value is -3.73. The molecule has 1 aliphatic rings. The third-order valence-electron chi connectivity index (χ3n) is 7.49. The average Bonchev–Trinajstić information content (AvgIpc) is 3.39. The molecule has 0 fully saturated rings. The van der Waals surface area contributed by atoms with Gasteiger partial charge in [-0.1, -0.05) is 30.7 Å². The van der Waals surface area contributed by atoms with Crippen LogP contribution in [0.15, 0.2) is 30.3 Å². The van der Waals surface area contributed by atoms with E-state index in [-0.39, 0.29) is 29.3 Å². The molecule has 11 heteroatoms. The molecule has 1 aromatic heterocycles. The molecular weight excluding hydrogens is 544 g/mol. The summed E-state index contributed by atoms with van der Waals surface area (Å²) in [6.07, 6.45) is 6.22. The van der Waals surface area contributed by atoms with Gasteiger partial charge in [0, 0.05) is 31.6 Å². The molecule has 0 spiro atoms.